The lowest BCUT2D eigenvalue weighted by Crippen LogP contribution is -2.36. The monoisotopic (exact) mass is 471 g/mol. The predicted octanol–water partition coefficient (Wildman–Crippen LogP) is 4.83. The molecular weight excluding hydrogens is 450 g/mol. The second-order valence-corrected chi connectivity index (χ2v) is 8.67. The Morgan fingerprint density at radius 2 is 1.83 bits per heavy atom. The van der Waals surface area contributed by atoms with Gasteiger partial charge < -0.3 is 10.2 Å². The highest BCUT2D eigenvalue weighted by molar-refractivity contribution is 9.10. The Morgan fingerprint density at radius 1 is 1.14 bits per heavy atom. The first-order chi connectivity index (χ1) is 13.8. The van der Waals surface area contributed by atoms with Crippen molar-refractivity contribution in [1.82, 2.24) is 9.88 Å². The molecule has 2 aromatic carbocycles. The number of nitrogens with one attached hydrogen (secondary N) is 1. The van der Waals surface area contributed by atoms with Gasteiger partial charge in [-0.15, -0.1) is 11.3 Å². The van der Waals surface area contributed by atoms with Crippen LogP contribution in [0.3, 0.4) is 0 Å². The molecule has 0 spiro atoms. The van der Waals surface area contributed by atoms with E-state index in [0.29, 0.717) is 5.69 Å². The smallest absolute Gasteiger partial charge is 0.243 e. The Kier molecular flexibility index (Phi) is 6.82. The van der Waals surface area contributed by atoms with Crippen molar-refractivity contribution in [2.24, 2.45) is 0 Å². The number of thiazole rings is 1. The average molecular weight is 472 g/mol. The lowest BCUT2D eigenvalue weighted by atomic mass is 10.1. The Labute approximate surface area is 182 Å². The fourth-order valence-corrected chi connectivity index (χ4v) is 4.14. The van der Waals surface area contributed by atoms with Crippen LogP contribution < -0.4 is 5.32 Å². The largest absolute Gasteiger partial charge is 0.336 e. The van der Waals surface area contributed by atoms with E-state index in [4.69, 9.17) is 0 Å². The number of para-hydroxylation sites is 1. The second-order valence-electron chi connectivity index (χ2n) is 6.90. The predicted molar refractivity (Wildman–Crippen MR) is 121 cm³/mol. The third-order valence-corrected chi connectivity index (χ3v) is 5.94. The van der Waals surface area contributed by atoms with Crippen molar-refractivity contribution >= 4 is 44.8 Å². The number of nitrogens with zero attached hydrogens (tertiary/aromatic N) is 2. The highest BCUT2D eigenvalue weighted by atomic mass is 79.9. The van der Waals surface area contributed by atoms with Gasteiger partial charge in [0.05, 0.1) is 18.7 Å². The van der Waals surface area contributed by atoms with E-state index in [2.05, 4.69) is 26.2 Å². The van der Waals surface area contributed by atoms with Gasteiger partial charge in [0.15, 0.2) is 0 Å². The maximum Gasteiger partial charge on any atom is 0.243 e. The zero-order chi connectivity index (χ0) is 21.0. The minimum absolute atomic E-state index is 0.00473. The molecule has 7 heteroatoms. The molecule has 150 valence electrons. The van der Waals surface area contributed by atoms with Crippen LogP contribution >= 0.6 is 27.3 Å². The van der Waals surface area contributed by atoms with Gasteiger partial charge in [-0.3, -0.25) is 9.59 Å². The number of aryl methyl sites for hydroxylation is 2. The van der Waals surface area contributed by atoms with Gasteiger partial charge in [0.2, 0.25) is 11.8 Å². The first kappa shape index (κ1) is 21.2. The Hall–Kier alpha value is -2.51. The molecule has 0 bridgehead atoms. The minimum atomic E-state index is -0.216. The third kappa shape index (κ3) is 5.52. The van der Waals surface area contributed by atoms with Gasteiger partial charge in [0.25, 0.3) is 0 Å². The summed E-state index contributed by atoms with van der Waals surface area (Å²) in [6.45, 7) is 3.89. The Balaban J connectivity index is 1.59. The molecule has 2 amide bonds. The molecule has 0 saturated heterocycles. The van der Waals surface area contributed by atoms with Crippen molar-refractivity contribution < 1.29 is 9.59 Å². The summed E-state index contributed by atoms with van der Waals surface area (Å²) in [6, 6.07) is 13.7. The molecule has 0 unspecified atom stereocenters. The molecule has 1 aromatic heterocycles. The van der Waals surface area contributed by atoms with E-state index in [1.54, 1.807) is 7.05 Å². The summed E-state index contributed by atoms with van der Waals surface area (Å²) in [5, 5.41) is 5.66. The van der Waals surface area contributed by atoms with Gasteiger partial charge >= 0.3 is 0 Å². The number of amides is 2. The number of benzene rings is 2. The number of hydrogen-bond donors (Lipinski definition) is 1. The zero-order valence-corrected chi connectivity index (χ0v) is 18.9. The van der Waals surface area contributed by atoms with E-state index in [0.717, 1.165) is 31.9 Å². The summed E-state index contributed by atoms with van der Waals surface area (Å²) >= 11 is 4.96. The highest BCUT2D eigenvalue weighted by Gasteiger charge is 2.16. The average Bonchev–Trinajstić information content (AvgIpc) is 3.13. The van der Waals surface area contributed by atoms with E-state index in [-0.39, 0.29) is 24.8 Å². The molecule has 3 rings (SSSR count). The molecule has 0 atom stereocenters. The van der Waals surface area contributed by atoms with Gasteiger partial charge in [0.1, 0.15) is 5.01 Å². The van der Waals surface area contributed by atoms with Crippen molar-refractivity contribution in [2.45, 2.75) is 20.3 Å². The topological polar surface area (TPSA) is 62.3 Å². The van der Waals surface area contributed by atoms with E-state index in [9.17, 15) is 9.59 Å². The minimum Gasteiger partial charge on any atom is -0.336 e. The zero-order valence-electron chi connectivity index (χ0n) is 16.5. The summed E-state index contributed by atoms with van der Waals surface area (Å²) in [5.41, 5.74) is 4.50. The van der Waals surface area contributed by atoms with Crippen LogP contribution in [-0.2, 0) is 16.0 Å². The van der Waals surface area contributed by atoms with E-state index in [1.807, 2.05) is 61.7 Å². The number of aromatic nitrogens is 1. The highest BCUT2D eigenvalue weighted by Crippen LogP contribution is 2.26. The van der Waals surface area contributed by atoms with Gasteiger partial charge in [-0.25, -0.2) is 4.98 Å². The summed E-state index contributed by atoms with van der Waals surface area (Å²) in [6.07, 6.45) is 0.164. The summed E-state index contributed by atoms with van der Waals surface area (Å²) < 4.78 is 0.984. The first-order valence-electron chi connectivity index (χ1n) is 9.14. The Morgan fingerprint density at radius 3 is 2.52 bits per heavy atom. The number of carbonyl (C=O) groups excluding carboxylic acids is 2. The molecule has 5 nitrogen and oxygen atoms in total. The molecule has 0 fully saturated rings. The third-order valence-electron chi connectivity index (χ3n) is 4.51. The molecular formula is C22H22BrN3O2S. The maximum atomic E-state index is 12.5. The molecule has 3 aromatic rings. The SMILES string of the molecule is Cc1cccc(C)c1NC(=O)CN(C)C(=O)Cc1csc(-c2cccc(Br)c2)n1. The van der Waals surface area contributed by atoms with Gasteiger partial charge in [0, 0.05) is 28.2 Å². The Bertz CT molecular complexity index is 1030. The second kappa shape index (κ2) is 9.33. The van der Waals surface area contributed by atoms with E-state index < -0.39 is 0 Å². The van der Waals surface area contributed by atoms with Crippen LogP contribution in [-0.4, -0.2) is 35.3 Å². The number of carbonyl (C=O) groups is 2. The molecule has 1 N–H and O–H groups in total. The van der Waals surface area contributed by atoms with Crippen LogP contribution in [0.1, 0.15) is 16.8 Å². The summed E-state index contributed by atoms with van der Waals surface area (Å²) in [5.74, 6) is -0.362. The normalized spacial score (nSPS) is 10.6. The van der Waals surface area contributed by atoms with Crippen molar-refractivity contribution in [1.29, 1.82) is 0 Å². The van der Waals surface area contributed by atoms with Crippen LogP contribution in [0.5, 0.6) is 0 Å². The maximum absolute atomic E-state index is 12.5. The summed E-state index contributed by atoms with van der Waals surface area (Å²) in [7, 11) is 1.63. The van der Waals surface area contributed by atoms with Crippen molar-refractivity contribution in [3.63, 3.8) is 0 Å². The number of likely N-dealkylation sites (N-methyl/N-ethyl adjacent to an activating group) is 1. The van der Waals surface area contributed by atoms with Gasteiger partial charge in [-0.1, -0.05) is 46.3 Å². The molecule has 0 aliphatic rings. The van der Waals surface area contributed by atoms with Crippen LogP contribution in [0.25, 0.3) is 10.6 Å². The number of hydrogen-bond acceptors (Lipinski definition) is 4. The molecule has 0 aliphatic heterocycles. The quantitative estimate of drug-likeness (QED) is 0.559. The fourth-order valence-electron chi connectivity index (χ4n) is 2.93. The number of halogens is 1. The van der Waals surface area contributed by atoms with Crippen LogP contribution in [0.15, 0.2) is 52.3 Å². The van der Waals surface area contributed by atoms with Crippen LogP contribution in [0.4, 0.5) is 5.69 Å². The van der Waals surface area contributed by atoms with Crippen molar-refractivity contribution in [2.75, 3.05) is 18.9 Å². The lowest BCUT2D eigenvalue weighted by molar-refractivity contribution is -0.132. The summed E-state index contributed by atoms with van der Waals surface area (Å²) in [4.78, 5) is 30.9. The van der Waals surface area contributed by atoms with Crippen molar-refractivity contribution in [3.05, 3.63) is 69.1 Å². The van der Waals surface area contributed by atoms with E-state index in [1.165, 1.54) is 16.2 Å². The molecule has 0 saturated carbocycles. The standard InChI is InChI=1S/C22H22BrN3O2S/c1-14-6-4-7-15(2)21(14)25-19(27)12-26(3)20(28)11-18-13-29-22(24-18)16-8-5-9-17(23)10-16/h4-10,13H,11-12H2,1-3H3,(H,25,27). The molecule has 1 heterocycles. The van der Waals surface area contributed by atoms with Crippen molar-refractivity contribution in [3.8, 4) is 10.6 Å². The molecule has 0 radical (unpaired) electrons. The molecule has 29 heavy (non-hydrogen) atoms. The van der Waals surface area contributed by atoms with Gasteiger partial charge in [-0.05, 0) is 37.1 Å². The first-order valence-corrected chi connectivity index (χ1v) is 10.8. The van der Waals surface area contributed by atoms with Crippen LogP contribution in [0.2, 0.25) is 0 Å². The molecule has 0 aliphatic carbocycles. The number of rotatable bonds is 6. The van der Waals surface area contributed by atoms with Crippen LogP contribution in [0, 0.1) is 13.8 Å². The lowest BCUT2D eigenvalue weighted by Gasteiger charge is -2.17. The van der Waals surface area contributed by atoms with Gasteiger partial charge in [-0.2, -0.15) is 0 Å². The number of anilines is 1. The fraction of sp³-hybridized carbons (Fsp3) is 0.227. The van der Waals surface area contributed by atoms with E-state index >= 15 is 0 Å².